The zero-order valence-electron chi connectivity index (χ0n) is 8.40. The maximum Gasteiger partial charge on any atom is 0.251 e. The first-order valence-electron chi connectivity index (χ1n) is 4.78. The molecule has 2 aromatic rings. The number of hydrogen-bond acceptors (Lipinski definition) is 2. The maximum atomic E-state index is 12.8. The van der Waals surface area contributed by atoms with Gasteiger partial charge in [0.1, 0.15) is 11.6 Å². The minimum Gasteiger partial charge on any atom is -0.347 e. The van der Waals surface area contributed by atoms with Crippen LogP contribution in [0.25, 0.3) is 0 Å². The van der Waals surface area contributed by atoms with Crippen molar-refractivity contribution in [2.45, 2.75) is 6.54 Å². The van der Waals surface area contributed by atoms with E-state index in [9.17, 15) is 9.18 Å². The quantitative estimate of drug-likeness (QED) is 0.821. The summed E-state index contributed by atoms with van der Waals surface area (Å²) in [4.78, 5) is 18.4. The van der Waals surface area contributed by atoms with Crippen LogP contribution >= 0.6 is 0 Å². The molecule has 0 unspecified atom stereocenters. The Hall–Kier alpha value is -2.17. The topological polar surface area (TPSA) is 57.8 Å². The van der Waals surface area contributed by atoms with Gasteiger partial charge in [0.05, 0.1) is 6.54 Å². The normalized spacial score (nSPS) is 10.1. The van der Waals surface area contributed by atoms with Gasteiger partial charge in [0.2, 0.25) is 0 Å². The van der Waals surface area contributed by atoms with Crippen LogP contribution < -0.4 is 5.32 Å². The molecule has 0 spiro atoms. The van der Waals surface area contributed by atoms with Gasteiger partial charge in [0.15, 0.2) is 0 Å². The number of imidazole rings is 1. The average molecular weight is 219 g/mol. The van der Waals surface area contributed by atoms with Crippen LogP contribution in [-0.4, -0.2) is 15.9 Å². The summed E-state index contributed by atoms with van der Waals surface area (Å²) in [5.41, 5.74) is 0.298. The molecule has 0 saturated carbocycles. The van der Waals surface area contributed by atoms with Crippen LogP contribution in [0.2, 0.25) is 0 Å². The van der Waals surface area contributed by atoms with Crippen molar-refractivity contribution < 1.29 is 9.18 Å². The minimum atomic E-state index is -0.425. The van der Waals surface area contributed by atoms with Crippen LogP contribution in [-0.2, 0) is 6.54 Å². The Morgan fingerprint density at radius 2 is 2.38 bits per heavy atom. The monoisotopic (exact) mass is 219 g/mol. The van der Waals surface area contributed by atoms with Gasteiger partial charge in [-0.1, -0.05) is 6.07 Å². The summed E-state index contributed by atoms with van der Waals surface area (Å²) >= 11 is 0. The molecule has 2 rings (SSSR count). The molecule has 0 saturated heterocycles. The van der Waals surface area contributed by atoms with Crippen molar-refractivity contribution in [2.75, 3.05) is 0 Å². The van der Waals surface area contributed by atoms with E-state index in [0.717, 1.165) is 0 Å². The molecular weight excluding hydrogens is 209 g/mol. The molecule has 0 radical (unpaired) electrons. The highest BCUT2D eigenvalue weighted by Gasteiger charge is 2.06. The van der Waals surface area contributed by atoms with Crippen LogP contribution in [0.1, 0.15) is 16.2 Å². The standard InChI is InChI=1S/C11H10FN3O/c12-9-3-1-2-8(6-9)11(16)15-7-10-13-4-5-14-10/h1-6H,7H2,(H,13,14)(H,15,16). The van der Waals surface area contributed by atoms with E-state index in [1.807, 2.05) is 0 Å². The number of hydrogen-bond donors (Lipinski definition) is 2. The summed E-state index contributed by atoms with van der Waals surface area (Å²) in [5.74, 6) is -0.0914. The predicted octanol–water partition coefficient (Wildman–Crippen LogP) is 1.48. The van der Waals surface area contributed by atoms with Crippen molar-refractivity contribution >= 4 is 5.91 Å². The second kappa shape index (κ2) is 4.57. The number of aromatic amines is 1. The van der Waals surface area contributed by atoms with E-state index in [4.69, 9.17) is 0 Å². The molecule has 0 atom stereocenters. The SMILES string of the molecule is O=C(NCc1ncc[nH]1)c1cccc(F)c1. The summed E-state index contributed by atoms with van der Waals surface area (Å²) in [5, 5.41) is 2.63. The highest BCUT2D eigenvalue weighted by Crippen LogP contribution is 2.03. The van der Waals surface area contributed by atoms with Crippen molar-refractivity contribution in [3.63, 3.8) is 0 Å². The fourth-order valence-corrected chi connectivity index (χ4v) is 1.29. The fraction of sp³-hybridized carbons (Fsp3) is 0.0909. The first-order chi connectivity index (χ1) is 7.75. The van der Waals surface area contributed by atoms with Gasteiger partial charge < -0.3 is 10.3 Å². The highest BCUT2D eigenvalue weighted by molar-refractivity contribution is 5.94. The van der Waals surface area contributed by atoms with Crippen LogP contribution in [0.4, 0.5) is 4.39 Å². The molecule has 5 heteroatoms. The van der Waals surface area contributed by atoms with E-state index in [0.29, 0.717) is 17.9 Å². The Labute approximate surface area is 91.5 Å². The number of halogens is 1. The third-order valence-electron chi connectivity index (χ3n) is 2.06. The van der Waals surface area contributed by atoms with Crippen LogP contribution in [0, 0.1) is 5.82 Å². The summed E-state index contributed by atoms with van der Waals surface area (Å²) in [6.45, 7) is 0.294. The molecule has 0 aliphatic carbocycles. The number of benzene rings is 1. The van der Waals surface area contributed by atoms with Crippen molar-refractivity contribution in [3.8, 4) is 0 Å². The van der Waals surface area contributed by atoms with Crippen LogP contribution in [0.5, 0.6) is 0 Å². The predicted molar refractivity (Wildman–Crippen MR) is 56.2 cm³/mol. The second-order valence-electron chi connectivity index (χ2n) is 3.23. The lowest BCUT2D eigenvalue weighted by atomic mass is 10.2. The molecule has 0 fully saturated rings. The van der Waals surface area contributed by atoms with Gasteiger partial charge in [0.25, 0.3) is 5.91 Å². The third kappa shape index (κ3) is 2.44. The lowest BCUT2D eigenvalue weighted by Gasteiger charge is -2.03. The van der Waals surface area contributed by atoms with Gasteiger partial charge in [-0.2, -0.15) is 0 Å². The van der Waals surface area contributed by atoms with Crippen molar-refractivity contribution in [2.24, 2.45) is 0 Å². The molecule has 1 amide bonds. The lowest BCUT2D eigenvalue weighted by molar-refractivity contribution is 0.0949. The molecule has 82 valence electrons. The highest BCUT2D eigenvalue weighted by atomic mass is 19.1. The van der Waals surface area contributed by atoms with Gasteiger partial charge in [-0.15, -0.1) is 0 Å². The van der Waals surface area contributed by atoms with E-state index in [2.05, 4.69) is 15.3 Å². The zero-order valence-corrected chi connectivity index (χ0v) is 8.40. The summed E-state index contributed by atoms with van der Waals surface area (Å²) < 4.78 is 12.8. The molecule has 2 N–H and O–H groups in total. The molecule has 4 nitrogen and oxygen atoms in total. The summed E-state index contributed by atoms with van der Waals surface area (Å²) in [6, 6.07) is 5.54. The number of carbonyl (C=O) groups excluding carboxylic acids is 1. The van der Waals surface area contributed by atoms with Gasteiger partial charge in [-0.25, -0.2) is 9.37 Å². The molecular formula is C11H10FN3O. The largest absolute Gasteiger partial charge is 0.347 e. The van der Waals surface area contributed by atoms with Gasteiger partial charge >= 0.3 is 0 Å². The van der Waals surface area contributed by atoms with E-state index < -0.39 is 5.82 Å². The fourth-order valence-electron chi connectivity index (χ4n) is 1.29. The number of nitrogens with one attached hydrogen (secondary N) is 2. The Balaban J connectivity index is 1.98. The maximum absolute atomic E-state index is 12.8. The Bertz CT molecular complexity index is 482. The minimum absolute atomic E-state index is 0.294. The number of nitrogens with zero attached hydrogens (tertiary/aromatic N) is 1. The number of aromatic nitrogens is 2. The smallest absolute Gasteiger partial charge is 0.251 e. The average Bonchev–Trinajstić information content (AvgIpc) is 2.78. The number of rotatable bonds is 3. The van der Waals surface area contributed by atoms with E-state index in [1.165, 1.54) is 18.2 Å². The Kier molecular flexibility index (Phi) is 2.95. The first-order valence-corrected chi connectivity index (χ1v) is 4.78. The molecule has 0 aliphatic heterocycles. The van der Waals surface area contributed by atoms with Crippen LogP contribution in [0.15, 0.2) is 36.7 Å². The molecule has 1 aromatic carbocycles. The Morgan fingerprint density at radius 3 is 3.06 bits per heavy atom. The van der Waals surface area contributed by atoms with Gasteiger partial charge in [0, 0.05) is 18.0 Å². The molecule has 1 heterocycles. The van der Waals surface area contributed by atoms with Crippen molar-refractivity contribution in [1.82, 2.24) is 15.3 Å². The van der Waals surface area contributed by atoms with Gasteiger partial charge in [-0.05, 0) is 18.2 Å². The van der Waals surface area contributed by atoms with E-state index >= 15 is 0 Å². The number of amides is 1. The second-order valence-corrected chi connectivity index (χ2v) is 3.23. The summed E-state index contributed by atoms with van der Waals surface area (Å²) in [7, 11) is 0. The third-order valence-corrected chi connectivity index (χ3v) is 2.06. The van der Waals surface area contributed by atoms with Crippen molar-refractivity contribution in [1.29, 1.82) is 0 Å². The molecule has 0 aliphatic rings. The summed E-state index contributed by atoms with van der Waals surface area (Å²) in [6.07, 6.45) is 3.27. The van der Waals surface area contributed by atoms with Crippen molar-refractivity contribution in [3.05, 3.63) is 53.9 Å². The molecule has 0 bridgehead atoms. The first kappa shape index (κ1) is 10.4. The van der Waals surface area contributed by atoms with Crippen LogP contribution in [0.3, 0.4) is 0 Å². The van der Waals surface area contributed by atoms with Gasteiger partial charge in [-0.3, -0.25) is 4.79 Å². The zero-order chi connectivity index (χ0) is 11.4. The van der Waals surface area contributed by atoms with E-state index in [1.54, 1.807) is 18.5 Å². The molecule has 16 heavy (non-hydrogen) atoms. The number of carbonyl (C=O) groups is 1. The molecule has 1 aromatic heterocycles. The lowest BCUT2D eigenvalue weighted by Crippen LogP contribution is -2.23. The number of H-pyrrole nitrogens is 1. The Morgan fingerprint density at radius 1 is 1.50 bits per heavy atom. The van der Waals surface area contributed by atoms with E-state index in [-0.39, 0.29) is 5.91 Å².